The molecule has 112 valence electrons. The second-order valence-electron chi connectivity index (χ2n) is 3.75. The molecule has 0 spiro atoms. The van der Waals surface area contributed by atoms with Crippen LogP contribution >= 0.6 is 23.2 Å². The van der Waals surface area contributed by atoms with Crippen molar-refractivity contribution in [1.82, 2.24) is 10.6 Å². The quantitative estimate of drug-likeness (QED) is 0.640. The van der Waals surface area contributed by atoms with E-state index in [-0.39, 0.29) is 17.1 Å². The molecule has 8 heteroatoms. The molecule has 1 aromatic carbocycles. The van der Waals surface area contributed by atoms with E-state index in [0.29, 0.717) is 5.02 Å². The zero-order chi connectivity index (χ0) is 15.8. The molecule has 0 fully saturated rings. The fourth-order valence-electron chi connectivity index (χ4n) is 1.23. The first-order chi connectivity index (χ1) is 9.93. The number of carbonyl (C=O) groups excluding carboxylic acids is 3. The first-order valence-electron chi connectivity index (χ1n) is 5.74. The number of hydrogen-bond donors (Lipinski definition) is 2. The molecule has 1 rings (SSSR count). The number of ether oxygens (including phenoxy) is 1. The van der Waals surface area contributed by atoms with Crippen LogP contribution in [-0.2, 0) is 9.53 Å². The number of nitrogens with one attached hydrogen (secondary N) is 2. The van der Waals surface area contributed by atoms with Gasteiger partial charge in [0.05, 0.1) is 10.6 Å². The van der Waals surface area contributed by atoms with E-state index in [0.717, 1.165) is 0 Å². The minimum Gasteiger partial charge on any atom is -0.452 e. The van der Waals surface area contributed by atoms with E-state index in [1.165, 1.54) is 24.3 Å². The summed E-state index contributed by atoms with van der Waals surface area (Å²) in [7, 11) is 0. The van der Waals surface area contributed by atoms with Crippen LogP contribution in [0.3, 0.4) is 0 Å². The highest BCUT2D eigenvalue weighted by Gasteiger charge is 2.15. The van der Waals surface area contributed by atoms with Gasteiger partial charge >= 0.3 is 12.0 Å². The maximum atomic E-state index is 11.7. The molecule has 0 aromatic heterocycles. The van der Waals surface area contributed by atoms with Gasteiger partial charge in [-0.05, 0) is 18.2 Å². The molecule has 0 saturated heterocycles. The van der Waals surface area contributed by atoms with Crippen molar-refractivity contribution in [3.8, 4) is 0 Å². The Balaban J connectivity index is 2.49. The van der Waals surface area contributed by atoms with Crippen molar-refractivity contribution < 1.29 is 19.1 Å². The second kappa shape index (κ2) is 8.28. The van der Waals surface area contributed by atoms with Gasteiger partial charge in [0, 0.05) is 11.6 Å². The summed E-state index contributed by atoms with van der Waals surface area (Å²) in [4.78, 5) is 34.2. The van der Waals surface area contributed by atoms with Gasteiger partial charge < -0.3 is 10.1 Å². The lowest BCUT2D eigenvalue weighted by Gasteiger charge is -2.07. The smallest absolute Gasteiger partial charge is 0.340 e. The van der Waals surface area contributed by atoms with Crippen LogP contribution in [0, 0.1) is 0 Å². The molecule has 0 atom stereocenters. The van der Waals surface area contributed by atoms with Crippen LogP contribution in [0.5, 0.6) is 0 Å². The Kier molecular flexibility index (Phi) is 6.71. The first-order valence-corrected chi connectivity index (χ1v) is 6.50. The third kappa shape index (κ3) is 5.85. The van der Waals surface area contributed by atoms with E-state index in [1.54, 1.807) is 0 Å². The van der Waals surface area contributed by atoms with E-state index in [1.807, 2.05) is 5.32 Å². The minimum atomic E-state index is -0.816. The Morgan fingerprint density at radius 3 is 2.67 bits per heavy atom. The van der Waals surface area contributed by atoms with Gasteiger partial charge in [0.1, 0.15) is 0 Å². The Morgan fingerprint density at radius 2 is 2.00 bits per heavy atom. The van der Waals surface area contributed by atoms with E-state index >= 15 is 0 Å². The largest absolute Gasteiger partial charge is 0.452 e. The Labute approximate surface area is 131 Å². The molecule has 0 radical (unpaired) electrons. The van der Waals surface area contributed by atoms with E-state index in [4.69, 9.17) is 27.9 Å². The highest BCUT2D eigenvalue weighted by atomic mass is 35.5. The van der Waals surface area contributed by atoms with Crippen LogP contribution in [0.15, 0.2) is 30.9 Å². The first kappa shape index (κ1) is 17.0. The van der Waals surface area contributed by atoms with Gasteiger partial charge in [0.15, 0.2) is 6.61 Å². The summed E-state index contributed by atoms with van der Waals surface area (Å²) in [5, 5.41) is 4.76. The molecule has 0 heterocycles. The van der Waals surface area contributed by atoms with Crippen molar-refractivity contribution in [2.45, 2.75) is 0 Å². The second-order valence-corrected chi connectivity index (χ2v) is 4.59. The Hall–Kier alpha value is -2.05. The van der Waals surface area contributed by atoms with Crippen molar-refractivity contribution in [1.29, 1.82) is 0 Å². The maximum absolute atomic E-state index is 11.7. The van der Waals surface area contributed by atoms with Gasteiger partial charge in [-0.25, -0.2) is 9.59 Å². The maximum Gasteiger partial charge on any atom is 0.340 e. The summed E-state index contributed by atoms with van der Waals surface area (Å²) in [6, 6.07) is 3.55. The average molecular weight is 331 g/mol. The molecule has 0 aliphatic carbocycles. The van der Waals surface area contributed by atoms with Crippen LogP contribution in [0.1, 0.15) is 10.4 Å². The highest BCUT2D eigenvalue weighted by molar-refractivity contribution is 6.35. The number of benzene rings is 1. The van der Waals surface area contributed by atoms with Gasteiger partial charge in [-0.1, -0.05) is 29.3 Å². The molecule has 3 amide bonds. The highest BCUT2D eigenvalue weighted by Crippen LogP contribution is 2.21. The minimum absolute atomic E-state index is 0.0353. The zero-order valence-electron chi connectivity index (χ0n) is 10.8. The summed E-state index contributed by atoms with van der Waals surface area (Å²) in [6.07, 6.45) is 1.45. The summed E-state index contributed by atoms with van der Waals surface area (Å²) >= 11 is 11.5. The fourth-order valence-corrected chi connectivity index (χ4v) is 1.60. The molecule has 21 heavy (non-hydrogen) atoms. The molecule has 2 N–H and O–H groups in total. The number of esters is 1. The molecule has 0 aliphatic rings. The number of halogens is 2. The van der Waals surface area contributed by atoms with Crippen LogP contribution in [0.2, 0.25) is 10.0 Å². The lowest BCUT2D eigenvalue weighted by Crippen LogP contribution is -2.41. The van der Waals surface area contributed by atoms with Crippen molar-refractivity contribution in [2.75, 3.05) is 13.2 Å². The van der Waals surface area contributed by atoms with Crippen LogP contribution in [0.4, 0.5) is 4.79 Å². The number of urea groups is 1. The number of amides is 3. The standard InChI is InChI=1S/C13H12Cl2N2O4/c1-2-5-16-13(20)17-11(18)7-21-12(19)9-6-8(14)3-4-10(9)15/h2-4,6H,1,5,7H2,(H2,16,17,18,20). The lowest BCUT2D eigenvalue weighted by atomic mass is 10.2. The van der Waals surface area contributed by atoms with Crippen LogP contribution < -0.4 is 10.6 Å². The van der Waals surface area contributed by atoms with E-state index < -0.39 is 24.5 Å². The number of rotatable bonds is 5. The van der Waals surface area contributed by atoms with Gasteiger partial charge in [-0.2, -0.15) is 0 Å². The predicted molar refractivity (Wildman–Crippen MR) is 78.5 cm³/mol. The third-order valence-electron chi connectivity index (χ3n) is 2.14. The SMILES string of the molecule is C=CCNC(=O)NC(=O)COC(=O)c1cc(Cl)ccc1Cl. The average Bonchev–Trinajstić information content (AvgIpc) is 2.45. The summed E-state index contributed by atoms with van der Waals surface area (Å²) in [5.74, 6) is -1.59. The molecular weight excluding hydrogens is 319 g/mol. The molecule has 0 saturated carbocycles. The molecule has 1 aromatic rings. The Bertz CT molecular complexity index is 575. The summed E-state index contributed by atoms with van der Waals surface area (Å²) < 4.78 is 4.74. The van der Waals surface area contributed by atoms with Gasteiger partial charge in [0.2, 0.25) is 0 Å². The Morgan fingerprint density at radius 1 is 1.29 bits per heavy atom. The van der Waals surface area contributed by atoms with Crippen molar-refractivity contribution in [2.24, 2.45) is 0 Å². The number of hydrogen-bond acceptors (Lipinski definition) is 4. The predicted octanol–water partition coefficient (Wildman–Crippen LogP) is 2.16. The molecule has 0 aliphatic heterocycles. The van der Waals surface area contributed by atoms with Crippen molar-refractivity contribution in [3.63, 3.8) is 0 Å². The molecule has 0 bridgehead atoms. The summed E-state index contributed by atoms with van der Waals surface area (Å²) in [5.41, 5.74) is 0.0353. The zero-order valence-corrected chi connectivity index (χ0v) is 12.3. The van der Waals surface area contributed by atoms with Crippen molar-refractivity contribution >= 4 is 41.1 Å². The molecule has 0 unspecified atom stereocenters. The van der Waals surface area contributed by atoms with Gasteiger partial charge in [-0.3, -0.25) is 10.1 Å². The molecular formula is C13H12Cl2N2O4. The van der Waals surface area contributed by atoms with E-state index in [2.05, 4.69) is 11.9 Å². The van der Waals surface area contributed by atoms with Gasteiger partial charge in [-0.15, -0.1) is 6.58 Å². The topological polar surface area (TPSA) is 84.5 Å². The van der Waals surface area contributed by atoms with Crippen molar-refractivity contribution in [3.05, 3.63) is 46.5 Å². The number of carbonyl (C=O) groups is 3. The fraction of sp³-hybridized carbons (Fsp3) is 0.154. The number of imide groups is 1. The third-order valence-corrected chi connectivity index (χ3v) is 2.71. The van der Waals surface area contributed by atoms with Gasteiger partial charge in [0.25, 0.3) is 5.91 Å². The monoisotopic (exact) mass is 330 g/mol. The van der Waals surface area contributed by atoms with Crippen LogP contribution in [0.25, 0.3) is 0 Å². The summed E-state index contributed by atoms with van der Waals surface area (Å²) in [6.45, 7) is 2.98. The van der Waals surface area contributed by atoms with E-state index in [9.17, 15) is 14.4 Å². The van der Waals surface area contributed by atoms with Crippen LogP contribution in [-0.4, -0.2) is 31.1 Å². The normalized spacial score (nSPS) is 9.62. The molecule has 6 nitrogen and oxygen atoms in total. The lowest BCUT2D eigenvalue weighted by molar-refractivity contribution is -0.123.